The highest BCUT2D eigenvalue weighted by Crippen LogP contribution is 2.29. The van der Waals surface area contributed by atoms with Crippen LogP contribution in [0.5, 0.6) is 5.75 Å². The van der Waals surface area contributed by atoms with Crippen molar-refractivity contribution in [3.8, 4) is 5.75 Å². The first kappa shape index (κ1) is 11.7. The minimum Gasteiger partial charge on any atom is -0.485 e. The van der Waals surface area contributed by atoms with Gasteiger partial charge in [0.2, 0.25) is 0 Å². The highest BCUT2D eigenvalue weighted by molar-refractivity contribution is 6.32. The number of hydrogen-bond donors (Lipinski definition) is 0. The first-order chi connectivity index (χ1) is 6.44. The summed E-state index contributed by atoms with van der Waals surface area (Å²) in [6.45, 7) is 5.86. The van der Waals surface area contributed by atoms with E-state index in [1.807, 2.05) is 39.0 Å². The lowest BCUT2D eigenvalue weighted by atomic mass is 10.1. The van der Waals surface area contributed by atoms with E-state index < -0.39 is 0 Å². The van der Waals surface area contributed by atoms with E-state index in [1.165, 1.54) is 0 Å². The third kappa shape index (κ3) is 3.07. The Kier molecular flexibility index (Phi) is 3.68. The number of rotatable bonds is 3. The molecule has 1 rings (SSSR count). The van der Waals surface area contributed by atoms with E-state index in [0.717, 1.165) is 5.56 Å². The summed E-state index contributed by atoms with van der Waals surface area (Å²) in [5.41, 5.74) is 0.730. The minimum absolute atomic E-state index is 0.390. The Labute approximate surface area is 95.0 Å². The van der Waals surface area contributed by atoms with Crippen LogP contribution in [0, 0.1) is 6.92 Å². The molecule has 0 aromatic heterocycles. The van der Waals surface area contributed by atoms with Gasteiger partial charge in [0.25, 0.3) is 0 Å². The van der Waals surface area contributed by atoms with Crippen molar-refractivity contribution in [2.24, 2.45) is 0 Å². The second-order valence-corrected chi connectivity index (χ2v) is 4.60. The zero-order valence-electron chi connectivity index (χ0n) is 8.60. The first-order valence-corrected chi connectivity index (χ1v) is 5.37. The Balaban J connectivity index is 2.91. The summed E-state index contributed by atoms with van der Waals surface area (Å²) in [6.07, 6.45) is 0. The van der Waals surface area contributed by atoms with Gasteiger partial charge in [-0.1, -0.05) is 17.7 Å². The second kappa shape index (κ2) is 4.41. The average molecular weight is 233 g/mol. The molecule has 1 nitrogen and oxygen atoms in total. The lowest BCUT2D eigenvalue weighted by molar-refractivity contribution is 0.134. The third-order valence-corrected chi connectivity index (χ3v) is 2.75. The van der Waals surface area contributed by atoms with E-state index in [1.54, 1.807) is 0 Å². The SMILES string of the molecule is Cc1ccc(Cl)c(OC(C)(C)CCl)c1. The number of aryl methyl sites for hydroxylation is 1. The van der Waals surface area contributed by atoms with Crippen molar-refractivity contribution in [2.45, 2.75) is 26.4 Å². The predicted molar refractivity (Wildman–Crippen MR) is 61.6 cm³/mol. The van der Waals surface area contributed by atoms with Crippen LogP contribution < -0.4 is 4.74 Å². The fraction of sp³-hybridized carbons (Fsp3) is 0.455. The van der Waals surface area contributed by atoms with E-state index in [0.29, 0.717) is 16.7 Å². The summed E-state index contributed by atoms with van der Waals surface area (Å²) in [5, 5.41) is 0.619. The standard InChI is InChI=1S/C11H14Cl2O/c1-8-4-5-9(13)10(6-8)14-11(2,3)7-12/h4-6H,7H2,1-3H3. The topological polar surface area (TPSA) is 9.23 Å². The van der Waals surface area contributed by atoms with Gasteiger partial charge in [-0.3, -0.25) is 0 Å². The molecule has 0 bridgehead atoms. The summed E-state index contributed by atoms with van der Waals surface area (Å²) in [4.78, 5) is 0. The molecular weight excluding hydrogens is 219 g/mol. The van der Waals surface area contributed by atoms with Crippen LogP contribution in [0.3, 0.4) is 0 Å². The fourth-order valence-electron chi connectivity index (χ4n) is 1.01. The van der Waals surface area contributed by atoms with Gasteiger partial charge in [-0.15, -0.1) is 11.6 Å². The molecule has 0 amide bonds. The van der Waals surface area contributed by atoms with Gasteiger partial charge < -0.3 is 4.74 Å². The lowest BCUT2D eigenvalue weighted by Crippen LogP contribution is -2.30. The van der Waals surface area contributed by atoms with Crippen molar-refractivity contribution >= 4 is 23.2 Å². The van der Waals surface area contributed by atoms with Gasteiger partial charge in [0.05, 0.1) is 10.9 Å². The van der Waals surface area contributed by atoms with Crippen LogP contribution in [0.25, 0.3) is 0 Å². The molecule has 14 heavy (non-hydrogen) atoms. The first-order valence-electron chi connectivity index (χ1n) is 4.46. The normalized spacial score (nSPS) is 11.5. The van der Waals surface area contributed by atoms with Crippen LogP contribution in [0.2, 0.25) is 5.02 Å². The van der Waals surface area contributed by atoms with Gasteiger partial charge in [0, 0.05) is 0 Å². The summed E-state index contributed by atoms with van der Waals surface area (Å²) < 4.78 is 5.70. The average Bonchev–Trinajstić information content (AvgIpc) is 2.11. The molecule has 3 heteroatoms. The van der Waals surface area contributed by atoms with Gasteiger partial charge in [-0.2, -0.15) is 0 Å². The fourth-order valence-corrected chi connectivity index (χ4v) is 1.22. The van der Waals surface area contributed by atoms with E-state index in [2.05, 4.69) is 0 Å². The summed E-state index contributed by atoms with van der Waals surface area (Å²) in [7, 11) is 0. The Hall–Kier alpha value is -0.400. The van der Waals surface area contributed by atoms with Crippen molar-refractivity contribution < 1.29 is 4.74 Å². The number of halogens is 2. The van der Waals surface area contributed by atoms with Crippen molar-refractivity contribution in [2.75, 3.05) is 5.88 Å². The molecule has 78 valence electrons. The minimum atomic E-state index is -0.390. The molecule has 0 fully saturated rings. The molecule has 0 aliphatic rings. The molecule has 0 radical (unpaired) electrons. The predicted octanol–water partition coefficient (Wildman–Crippen LogP) is 4.04. The highest BCUT2D eigenvalue weighted by atomic mass is 35.5. The van der Waals surface area contributed by atoms with Crippen molar-refractivity contribution in [1.82, 2.24) is 0 Å². The maximum Gasteiger partial charge on any atom is 0.139 e. The van der Waals surface area contributed by atoms with Gasteiger partial charge in [-0.25, -0.2) is 0 Å². The molecule has 0 heterocycles. The quantitative estimate of drug-likeness (QED) is 0.715. The van der Waals surface area contributed by atoms with Crippen LogP contribution in [0.15, 0.2) is 18.2 Å². The summed E-state index contributed by atoms with van der Waals surface area (Å²) >= 11 is 11.8. The summed E-state index contributed by atoms with van der Waals surface area (Å²) in [5.74, 6) is 1.12. The van der Waals surface area contributed by atoms with Crippen molar-refractivity contribution in [1.29, 1.82) is 0 Å². The molecule has 0 atom stereocenters. The van der Waals surface area contributed by atoms with E-state index in [4.69, 9.17) is 27.9 Å². The van der Waals surface area contributed by atoms with Gasteiger partial charge >= 0.3 is 0 Å². The number of alkyl halides is 1. The number of benzene rings is 1. The highest BCUT2D eigenvalue weighted by Gasteiger charge is 2.19. The maximum atomic E-state index is 5.99. The molecule has 0 N–H and O–H groups in total. The smallest absolute Gasteiger partial charge is 0.139 e. The Morgan fingerprint density at radius 3 is 2.57 bits per heavy atom. The van der Waals surface area contributed by atoms with Crippen LogP contribution >= 0.6 is 23.2 Å². The molecule has 1 aromatic rings. The van der Waals surface area contributed by atoms with Crippen molar-refractivity contribution in [3.63, 3.8) is 0 Å². The van der Waals surface area contributed by atoms with Gasteiger partial charge in [-0.05, 0) is 38.5 Å². The van der Waals surface area contributed by atoms with E-state index in [-0.39, 0.29) is 5.60 Å². The van der Waals surface area contributed by atoms with Crippen LogP contribution in [-0.4, -0.2) is 11.5 Å². The third-order valence-electron chi connectivity index (χ3n) is 1.79. The van der Waals surface area contributed by atoms with Gasteiger partial charge in [0.1, 0.15) is 11.4 Å². The van der Waals surface area contributed by atoms with Crippen LogP contribution in [0.4, 0.5) is 0 Å². The molecule has 0 spiro atoms. The number of ether oxygens (including phenoxy) is 1. The zero-order chi connectivity index (χ0) is 10.8. The molecule has 0 aliphatic carbocycles. The Bertz CT molecular complexity index is 321. The molecular formula is C11H14Cl2O. The van der Waals surface area contributed by atoms with E-state index in [9.17, 15) is 0 Å². The van der Waals surface area contributed by atoms with Gasteiger partial charge in [0.15, 0.2) is 0 Å². The Morgan fingerprint density at radius 2 is 2.00 bits per heavy atom. The maximum absolute atomic E-state index is 5.99. The molecule has 0 unspecified atom stereocenters. The molecule has 1 aromatic carbocycles. The monoisotopic (exact) mass is 232 g/mol. The Morgan fingerprint density at radius 1 is 1.36 bits per heavy atom. The molecule has 0 aliphatic heterocycles. The van der Waals surface area contributed by atoms with Crippen molar-refractivity contribution in [3.05, 3.63) is 28.8 Å². The van der Waals surface area contributed by atoms with Crippen LogP contribution in [0.1, 0.15) is 19.4 Å². The summed E-state index contributed by atoms with van der Waals surface area (Å²) in [6, 6.07) is 5.69. The largest absolute Gasteiger partial charge is 0.485 e. The molecule has 0 saturated carbocycles. The second-order valence-electron chi connectivity index (χ2n) is 3.93. The van der Waals surface area contributed by atoms with E-state index >= 15 is 0 Å². The van der Waals surface area contributed by atoms with Crippen LogP contribution in [-0.2, 0) is 0 Å². The zero-order valence-corrected chi connectivity index (χ0v) is 10.1. The molecule has 0 saturated heterocycles. The number of hydrogen-bond acceptors (Lipinski definition) is 1. The lowest BCUT2D eigenvalue weighted by Gasteiger charge is -2.24.